The Morgan fingerprint density at radius 1 is 1.07 bits per heavy atom. The lowest BCUT2D eigenvalue weighted by molar-refractivity contribution is -0.385. The van der Waals surface area contributed by atoms with Crippen LogP contribution in [-0.2, 0) is 16.6 Å². The van der Waals surface area contributed by atoms with Gasteiger partial charge in [-0.05, 0) is 26.0 Å². The largest absolute Gasteiger partial charge is 0.496 e. The molecule has 0 N–H and O–H groups in total. The highest BCUT2D eigenvalue weighted by Gasteiger charge is 2.30. The molecule has 0 aromatic heterocycles. The van der Waals surface area contributed by atoms with Gasteiger partial charge in [0.05, 0.1) is 16.9 Å². The molecule has 156 valence electrons. The van der Waals surface area contributed by atoms with E-state index in [4.69, 9.17) is 4.74 Å². The van der Waals surface area contributed by atoms with E-state index in [0.29, 0.717) is 38.3 Å². The van der Waals surface area contributed by atoms with Crippen molar-refractivity contribution >= 4 is 15.7 Å². The lowest BCUT2D eigenvalue weighted by Gasteiger charge is -2.34. The highest BCUT2D eigenvalue weighted by atomic mass is 32.2. The van der Waals surface area contributed by atoms with Crippen molar-refractivity contribution in [3.63, 3.8) is 0 Å². The first-order valence-corrected chi connectivity index (χ1v) is 10.8. The van der Waals surface area contributed by atoms with Crippen LogP contribution in [0.5, 0.6) is 5.75 Å². The molecule has 3 rings (SSSR count). The van der Waals surface area contributed by atoms with Crippen molar-refractivity contribution in [3.8, 4) is 5.75 Å². The van der Waals surface area contributed by atoms with Gasteiger partial charge in [-0.2, -0.15) is 4.31 Å². The van der Waals surface area contributed by atoms with Crippen molar-refractivity contribution in [1.29, 1.82) is 0 Å². The second-order valence-electron chi connectivity index (χ2n) is 7.20. The number of methoxy groups -OCH3 is 1. The fraction of sp³-hybridized carbons (Fsp3) is 0.400. The minimum atomic E-state index is -3.77. The van der Waals surface area contributed by atoms with E-state index < -0.39 is 14.9 Å². The van der Waals surface area contributed by atoms with Crippen molar-refractivity contribution in [1.82, 2.24) is 9.21 Å². The van der Waals surface area contributed by atoms with Gasteiger partial charge in [0.25, 0.3) is 5.69 Å². The maximum atomic E-state index is 12.9. The van der Waals surface area contributed by atoms with Gasteiger partial charge >= 0.3 is 0 Å². The number of piperazine rings is 1. The molecular weight excluding hydrogens is 394 g/mol. The Kier molecular flexibility index (Phi) is 6.21. The van der Waals surface area contributed by atoms with Gasteiger partial charge in [0.2, 0.25) is 10.0 Å². The number of sulfonamides is 1. The number of benzene rings is 2. The molecule has 0 atom stereocenters. The van der Waals surface area contributed by atoms with Crippen LogP contribution in [0.25, 0.3) is 0 Å². The van der Waals surface area contributed by atoms with Crippen molar-refractivity contribution in [2.75, 3.05) is 33.3 Å². The topological polar surface area (TPSA) is 93.0 Å². The lowest BCUT2D eigenvalue weighted by atomic mass is 10.1. The second kappa shape index (κ2) is 8.48. The molecular formula is C20H25N3O5S. The number of nitrogens with zero attached hydrogens (tertiary/aromatic N) is 3. The first-order valence-electron chi connectivity index (χ1n) is 9.33. The van der Waals surface area contributed by atoms with E-state index in [1.165, 1.54) is 16.4 Å². The molecule has 0 bridgehead atoms. The number of rotatable bonds is 6. The Hall–Kier alpha value is -2.49. The Labute approximate surface area is 170 Å². The van der Waals surface area contributed by atoms with Gasteiger partial charge in [0.15, 0.2) is 0 Å². The summed E-state index contributed by atoms with van der Waals surface area (Å²) in [6.07, 6.45) is 0. The van der Waals surface area contributed by atoms with Gasteiger partial charge in [-0.1, -0.05) is 23.8 Å². The van der Waals surface area contributed by atoms with E-state index in [1.54, 1.807) is 14.0 Å². The van der Waals surface area contributed by atoms with E-state index in [2.05, 4.69) is 11.0 Å². The third-order valence-electron chi connectivity index (χ3n) is 5.18. The molecule has 8 nitrogen and oxygen atoms in total. The molecule has 1 aliphatic rings. The summed E-state index contributed by atoms with van der Waals surface area (Å²) in [5.41, 5.74) is 2.46. The number of hydrogen-bond acceptors (Lipinski definition) is 6. The van der Waals surface area contributed by atoms with Crippen LogP contribution < -0.4 is 4.74 Å². The van der Waals surface area contributed by atoms with Crippen LogP contribution in [0.15, 0.2) is 41.3 Å². The van der Waals surface area contributed by atoms with Crippen molar-refractivity contribution < 1.29 is 18.1 Å². The Balaban J connectivity index is 1.71. The number of aryl methyl sites for hydroxylation is 2. The van der Waals surface area contributed by atoms with Crippen LogP contribution in [0.1, 0.15) is 16.7 Å². The summed E-state index contributed by atoms with van der Waals surface area (Å²) in [6.45, 7) is 6.10. The molecule has 9 heteroatoms. The first-order chi connectivity index (χ1) is 13.7. The van der Waals surface area contributed by atoms with Crippen LogP contribution in [0.3, 0.4) is 0 Å². The van der Waals surface area contributed by atoms with E-state index >= 15 is 0 Å². The fourth-order valence-electron chi connectivity index (χ4n) is 3.50. The minimum Gasteiger partial charge on any atom is -0.496 e. The van der Waals surface area contributed by atoms with Gasteiger partial charge in [0.1, 0.15) is 5.75 Å². The highest BCUT2D eigenvalue weighted by Crippen LogP contribution is 2.26. The van der Waals surface area contributed by atoms with Gasteiger partial charge in [0, 0.05) is 49.9 Å². The summed E-state index contributed by atoms with van der Waals surface area (Å²) in [7, 11) is -2.13. The molecule has 29 heavy (non-hydrogen) atoms. The van der Waals surface area contributed by atoms with Crippen LogP contribution in [-0.4, -0.2) is 55.8 Å². The van der Waals surface area contributed by atoms with Crippen molar-refractivity contribution in [2.24, 2.45) is 0 Å². The quantitative estimate of drug-likeness (QED) is 0.528. The Morgan fingerprint density at radius 3 is 2.38 bits per heavy atom. The van der Waals surface area contributed by atoms with Crippen molar-refractivity contribution in [3.05, 3.63) is 63.2 Å². The van der Waals surface area contributed by atoms with Gasteiger partial charge < -0.3 is 4.74 Å². The molecule has 0 unspecified atom stereocenters. The summed E-state index contributed by atoms with van der Waals surface area (Å²) in [5.74, 6) is 0.817. The second-order valence-corrected chi connectivity index (χ2v) is 9.14. The number of nitro benzene ring substituents is 1. The van der Waals surface area contributed by atoms with E-state index in [0.717, 1.165) is 22.9 Å². The molecule has 1 heterocycles. The third-order valence-corrected chi connectivity index (χ3v) is 7.07. The Morgan fingerprint density at radius 2 is 1.76 bits per heavy atom. The van der Waals surface area contributed by atoms with Crippen LogP contribution in [0.4, 0.5) is 5.69 Å². The normalized spacial score (nSPS) is 16.0. The molecule has 2 aromatic rings. The van der Waals surface area contributed by atoms with Crippen LogP contribution >= 0.6 is 0 Å². The van der Waals surface area contributed by atoms with Gasteiger partial charge in [-0.3, -0.25) is 15.0 Å². The fourth-order valence-corrected chi connectivity index (χ4v) is 4.94. The standard InChI is InChI=1S/C20H25N3O5S/c1-15-4-7-20(28-3)17(12-15)14-21-8-10-22(11-9-21)29(26,27)18-6-5-16(2)19(13-18)23(24)25/h4-7,12-13H,8-11,14H2,1-3H3. The molecule has 1 fully saturated rings. The summed E-state index contributed by atoms with van der Waals surface area (Å²) >= 11 is 0. The molecule has 0 radical (unpaired) electrons. The first kappa shape index (κ1) is 21.2. The molecule has 0 amide bonds. The van der Waals surface area contributed by atoms with Crippen LogP contribution in [0.2, 0.25) is 0 Å². The highest BCUT2D eigenvalue weighted by molar-refractivity contribution is 7.89. The molecule has 2 aromatic carbocycles. The molecule has 0 aliphatic carbocycles. The number of ether oxygens (including phenoxy) is 1. The predicted octanol–water partition coefficient (Wildman–Crippen LogP) is 2.73. The smallest absolute Gasteiger partial charge is 0.273 e. The molecule has 0 spiro atoms. The van der Waals surface area contributed by atoms with E-state index in [1.807, 2.05) is 19.1 Å². The van der Waals surface area contributed by atoms with E-state index in [9.17, 15) is 18.5 Å². The third kappa shape index (κ3) is 4.58. The number of hydrogen-bond donors (Lipinski definition) is 0. The summed E-state index contributed by atoms with van der Waals surface area (Å²) < 4.78 is 32.7. The van der Waals surface area contributed by atoms with Crippen molar-refractivity contribution in [2.45, 2.75) is 25.3 Å². The summed E-state index contributed by atoms with van der Waals surface area (Å²) in [4.78, 5) is 12.7. The average molecular weight is 420 g/mol. The maximum Gasteiger partial charge on any atom is 0.273 e. The molecule has 1 saturated heterocycles. The summed E-state index contributed by atoms with van der Waals surface area (Å²) in [6, 6.07) is 10.1. The molecule has 1 aliphatic heterocycles. The maximum absolute atomic E-state index is 12.9. The SMILES string of the molecule is COc1ccc(C)cc1CN1CCN(S(=O)(=O)c2ccc(C)c([N+](=O)[O-])c2)CC1. The zero-order chi connectivity index (χ0) is 21.2. The predicted molar refractivity (Wildman–Crippen MR) is 110 cm³/mol. The zero-order valence-electron chi connectivity index (χ0n) is 16.8. The number of nitro groups is 1. The monoisotopic (exact) mass is 419 g/mol. The van der Waals surface area contributed by atoms with Gasteiger partial charge in [-0.15, -0.1) is 0 Å². The average Bonchev–Trinajstić information content (AvgIpc) is 2.68. The summed E-state index contributed by atoms with van der Waals surface area (Å²) in [5, 5.41) is 11.2. The Bertz CT molecular complexity index is 1010. The molecule has 0 saturated carbocycles. The van der Waals surface area contributed by atoms with Crippen LogP contribution in [0, 0.1) is 24.0 Å². The zero-order valence-corrected chi connectivity index (χ0v) is 17.6. The van der Waals surface area contributed by atoms with E-state index in [-0.39, 0.29) is 10.6 Å². The minimum absolute atomic E-state index is 0.0383. The van der Waals surface area contributed by atoms with Gasteiger partial charge in [-0.25, -0.2) is 8.42 Å². The lowest BCUT2D eigenvalue weighted by Crippen LogP contribution is -2.48.